The molecule has 0 spiro atoms. The maximum Gasteiger partial charge on any atom is 0.161 e. The first-order valence-corrected chi connectivity index (χ1v) is 5.94. The van der Waals surface area contributed by atoms with Crippen LogP contribution in [0.4, 0.5) is 5.82 Å². The van der Waals surface area contributed by atoms with Crippen molar-refractivity contribution in [2.45, 2.75) is 25.7 Å². The van der Waals surface area contributed by atoms with Crippen molar-refractivity contribution < 1.29 is 0 Å². The van der Waals surface area contributed by atoms with Crippen LogP contribution in [0.1, 0.15) is 30.0 Å². The Kier molecular flexibility index (Phi) is 2.32. The van der Waals surface area contributed by atoms with Gasteiger partial charge in [0.05, 0.1) is 0 Å². The van der Waals surface area contributed by atoms with Crippen LogP contribution in [0.5, 0.6) is 0 Å². The van der Waals surface area contributed by atoms with Crippen LogP contribution in [0.2, 0.25) is 0 Å². The van der Waals surface area contributed by atoms with Gasteiger partial charge in [0, 0.05) is 23.2 Å². The Morgan fingerprint density at radius 2 is 1.82 bits per heavy atom. The van der Waals surface area contributed by atoms with Gasteiger partial charge in [0.25, 0.3) is 0 Å². The minimum atomic E-state index is 0.567. The van der Waals surface area contributed by atoms with E-state index in [1.807, 2.05) is 18.2 Å². The fourth-order valence-electron chi connectivity index (χ4n) is 1.91. The minimum Gasteiger partial charge on any atom is -0.384 e. The number of hydrogen-bond acceptors (Lipinski definition) is 3. The average Bonchev–Trinajstić information content (AvgIpc) is 3.13. The van der Waals surface area contributed by atoms with Gasteiger partial charge >= 0.3 is 0 Å². The molecule has 1 fully saturated rings. The molecular weight excluding hydrogens is 210 g/mol. The summed E-state index contributed by atoms with van der Waals surface area (Å²) in [7, 11) is 0. The molecule has 17 heavy (non-hydrogen) atoms. The van der Waals surface area contributed by atoms with Gasteiger partial charge in [-0.3, -0.25) is 0 Å². The molecule has 2 aromatic rings. The summed E-state index contributed by atoms with van der Waals surface area (Å²) in [6.07, 6.45) is 2.45. The lowest BCUT2D eigenvalue weighted by atomic mass is 10.1. The summed E-state index contributed by atoms with van der Waals surface area (Å²) in [6.45, 7) is 2.07. The third kappa shape index (κ3) is 2.13. The fourth-order valence-corrected chi connectivity index (χ4v) is 1.91. The van der Waals surface area contributed by atoms with E-state index in [-0.39, 0.29) is 0 Å². The van der Waals surface area contributed by atoms with Crippen LogP contribution >= 0.6 is 0 Å². The molecule has 1 aliphatic carbocycles. The Bertz CT molecular complexity index is 542. The summed E-state index contributed by atoms with van der Waals surface area (Å²) < 4.78 is 0. The van der Waals surface area contributed by atoms with E-state index >= 15 is 0 Å². The second-order valence-electron chi connectivity index (χ2n) is 4.68. The largest absolute Gasteiger partial charge is 0.384 e. The summed E-state index contributed by atoms with van der Waals surface area (Å²) in [5.41, 5.74) is 9.20. The number of aromatic nitrogens is 2. The second-order valence-corrected chi connectivity index (χ2v) is 4.68. The number of benzene rings is 1. The maximum atomic E-state index is 5.84. The summed E-state index contributed by atoms with van der Waals surface area (Å²) in [6, 6.07) is 10.1. The van der Waals surface area contributed by atoms with Gasteiger partial charge in [-0.1, -0.05) is 29.8 Å². The van der Waals surface area contributed by atoms with Crippen LogP contribution < -0.4 is 5.73 Å². The maximum absolute atomic E-state index is 5.84. The molecule has 1 aromatic carbocycles. The molecule has 0 atom stereocenters. The van der Waals surface area contributed by atoms with Gasteiger partial charge in [0.1, 0.15) is 5.82 Å². The van der Waals surface area contributed by atoms with Crippen LogP contribution in [0.15, 0.2) is 30.3 Å². The molecule has 3 nitrogen and oxygen atoms in total. The van der Waals surface area contributed by atoms with Crippen molar-refractivity contribution in [2.75, 3.05) is 5.73 Å². The molecule has 2 N–H and O–H groups in total. The van der Waals surface area contributed by atoms with E-state index in [0.717, 1.165) is 17.1 Å². The van der Waals surface area contributed by atoms with Crippen molar-refractivity contribution in [3.05, 3.63) is 41.6 Å². The van der Waals surface area contributed by atoms with Gasteiger partial charge in [0.2, 0.25) is 0 Å². The van der Waals surface area contributed by atoms with E-state index < -0.39 is 0 Å². The van der Waals surface area contributed by atoms with Crippen LogP contribution in [0.3, 0.4) is 0 Å². The normalized spacial score (nSPS) is 14.9. The smallest absolute Gasteiger partial charge is 0.161 e. The zero-order valence-corrected chi connectivity index (χ0v) is 9.85. The van der Waals surface area contributed by atoms with Crippen molar-refractivity contribution in [3.63, 3.8) is 0 Å². The van der Waals surface area contributed by atoms with Gasteiger partial charge in [-0.15, -0.1) is 0 Å². The molecule has 3 rings (SSSR count). The Labute approximate surface area is 101 Å². The van der Waals surface area contributed by atoms with E-state index in [1.54, 1.807) is 0 Å². The average molecular weight is 225 g/mol. The molecule has 1 saturated carbocycles. The first kappa shape index (κ1) is 10.3. The van der Waals surface area contributed by atoms with Crippen molar-refractivity contribution in [1.29, 1.82) is 0 Å². The summed E-state index contributed by atoms with van der Waals surface area (Å²) in [5, 5.41) is 0. The van der Waals surface area contributed by atoms with E-state index in [0.29, 0.717) is 11.7 Å². The SMILES string of the molecule is Cc1ccc(-c2nc(N)cc(C3CC3)n2)cc1. The predicted octanol–water partition coefficient (Wildman–Crippen LogP) is 2.91. The zero-order chi connectivity index (χ0) is 11.8. The number of hydrogen-bond donors (Lipinski definition) is 1. The summed E-state index contributed by atoms with van der Waals surface area (Å²) in [4.78, 5) is 8.91. The molecule has 3 heteroatoms. The first-order chi connectivity index (χ1) is 8.22. The van der Waals surface area contributed by atoms with Crippen molar-refractivity contribution >= 4 is 5.82 Å². The number of nitrogens with zero attached hydrogens (tertiary/aromatic N) is 2. The third-order valence-electron chi connectivity index (χ3n) is 3.07. The Morgan fingerprint density at radius 3 is 2.47 bits per heavy atom. The lowest BCUT2D eigenvalue weighted by Crippen LogP contribution is -1.99. The second kappa shape index (κ2) is 3.84. The van der Waals surface area contributed by atoms with Crippen molar-refractivity contribution in [1.82, 2.24) is 9.97 Å². The van der Waals surface area contributed by atoms with Crippen LogP contribution in [0.25, 0.3) is 11.4 Å². The zero-order valence-electron chi connectivity index (χ0n) is 9.85. The molecule has 0 amide bonds. The van der Waals surface area contributed by atoms with E-state index in [9.17, 15) is 0 Å². The highest BCUT2D eigenvalue weighted by Crippen LogP contribution is 2.39. The lowest BCUT2D eigenvalue weighted by Gasteiger charge is -2.05. The van der Waals surface area contributed by atoms with E-state index in [4.69, 9.17) is 5.73 Å². The standard InChI is InChI=1S/C14H15N3/c1-9-2-4-11(5-3-9)14-16-12(10-6-7-10)8-13(15)17-14/h2-5,8,10H,6-7H2,1H3,(H2,15,16,17). The van der Waals surface area contributed by atoms with E-state index in [1.165, 1.54) is 18.4 Å². The fraction of sp³-hybridized carbons (Fsp3) is 0.286. The lowest BCUT2D eigenvalue weighted by molar-refractivity contribution is 0.998. The summed E-state index contributed by atoms with van der Waals surface area (Å²) >= 11 is 0. The predicted molar refractivity (Wildman–Crippen MR) is 68.6 cm³/mol. The highest BCUT2D eigenvalue weighted by molar-refractivity contribution is 5.57. The highest BCUT2D eigenvalue weighted by atomic mass is 15.0. The number of rotatable bonds is 2. The third-order valence-corrected chi connectivity index (χ3v) is 3.07. The van der Waals surface area contributed by atoms with Gasteiger partial charge < -0.3 is 5.73 Å². The van der Waals surface area contributed by atoms with Crippen molar-refractivity contribution in [3.8, 4) is 11.4 Å². The molecule has 1 aliphatic rings. The number of nitrogen functional groups attached to an aromatic ring is 1. The monoisotopic (exact) mass is 225 g/mol. The van der Waals surface area contributed by atoms with Crippen LogP contribution in [-0.4, -0.2) is 9.97 Å². The Morgan fingerprint density at radius 1 is 1.12 bits per heavy atom. The van der Waals surface area contributed by atoms with E-state index in [2.05, 4.69) is 29.0 Å². The first-order valence-electron chi connectivity index (χ1n) is 5.94. The minimum absolute atomic E-state index is 0.567. The molecule has 1 heterocycles. The van der Waals surface area contributed by atoms with Gasteiger partial charge in [-0.25, -0.2) is 9.97 Å². The molecular formula is C14H15N3. The molecule has 0 unspecified atom stereocenters. The Balaban J connectivity index is 2.04. The van der Waals surface area contributed by atoms with Gasteiger partial charge in [0.15, 0.2) is 5.82 Å². The quantitative estimate of drug-likeness (QED) is 0.855. The molecule has 0 aliphatic heterocycles. The molecule has 0 saturated heterocycles. The number of aryl methyl sites for hydroxylation is 1. The molecule has 0 radical (unpaired) electrons. The van der Waals surface area contributed by atoms with Crippen LogP contribution in [-0.2, 0) is 0 Å². The van der Waals surface area contributed by atoms with Gasteiger partial charge in [-0.05, 0) is 19.8 Å². The van der Waals surface area contributed by atoms with Gasteiger partial charge in [-0.2, -0.15) is 0 Å². The molecule has 1 aromatic heterocycles. The topological polar surface area (TPSA) is 51.8 Å². The molecule has 86 valence electrons. The van der Waals surface area contributed by atoms with Crippen molar-refractivity contribution in [2.24, 2.45) is 0 Å². The number of anilines is 1. The van der Waals surface area contributed by atoms with Crippen LogP contribution in [0, 0.1) is 6.92 Å². The molecule has 0 bridgehead atoms. The Hall–Kier alpha value is -1.90. The number of nitrogens with two attached hydrogens (primary N) is 1. The highest BCUT2D eigenvalue weighted by Gasteiger charge is 2.26. The summed E-state index contributed by atoms with van der Waals surface area (Å²) in [5.74, 6) is 1.91.